The highest BCUT2D eigenvalue weighted by atomic mass is 32.1. The van der Waals surface area contributed by atoms with Gasteiger partial charge in [0.15, 0.2) is 0 Å². The zero-order valence-corrected chi connectivity index (χ0v) is 19.8. The second-order valence-electron chi connectivity index (χ2n) is 7.59. The number of pyridine rings is 1. The summed E-state index contributed by atoms with van der Waals surface area (Å²) in [4.78, 5) is 44.6. The van der Waals surface area contributed by atoms with E-state index in [1.165, 1.54) is 7.05 Å². The van der Waals surface area contributed by atoms with Crippen LogP contribution in [-0.4, -0.2) is 35.1 Å². The van der Waals surface area contributed by atoms with Crippen molar-refractivity contribution < 1.29 is 23.6 Å². The van der Waals surface area contributed by atoms with Gasteiger partial charge in [0, 0.05) is 27.9 Å². The van der Waals surface area contributed by atoms with E-state index in [0.29, 0.717) is 22.3 Å². The van der Waals surface area contributed by atoms with Crippen LogP contribution in [0.5, 0.6) is 0 Å². The van der Waals surface area contributed by atoms with E-state index in [9.17, 15) is 14.4 Å². The monoisotopic (exact) mass is 478 g/mol. The number of carbonyl (C=O) groups is 3. The molecule has 0 saturated heterocycles. The average molecular weight is 479 g/mol. The number of imide groups is 1. The molecular weight excluding hydrogens is 456 g/mol. The molecule has 10 heteroatoms. The first-order valence-electron chi connectivity index (χ1n) is 10.4. The molecule has 1 aromatic carbocycles. The Morgan fingerprint density at radius 3 is 2.47 bits per heavy atom. The maximum Gasteiger partial charge on any atom is 0.340 e. The van der Waals surface area contributed by atoms with Gasteiger partial charge in [-0.1, -0.05) is 35.5 Å². The number of fused-ring (bicyclic) bond motifs is 1. The highest BCUT2D eigenvalue weighted by Crippen LogP contribution is 2.33. The van der Waals surface area contributed by atoms with Gasteiger partial charge in [-0.05, 0) is 32.9 Å². The summed E-state index contributed by atoms with van der Waals surface area (Å²) in [7, 11) is 1.38. The molecule has 0 radical (unpaired) electrons. The first-order valence-corrected chi connectivity index (χ1v) is 11.2. The van der Waals surface area contributed by atoms with Crippen LogP contribution in [0, 0.1) is 20.8 Å². The summed E-state index contributed by atoms with van der Waals surface area (Å²) >= 11 is 1.62. The number of aromatic nitrogens is 2. The standard InChI is InChI=1S/C24H22N4O5S/c1-12-10-16(14(3)34-12)18-11-17(19-13(2)28-33-22(19)26-18)23(30)32-20(15-8-6-5-7-9-15)21(29)27-24(31)25-4/h5-11,20H,1-4H3,(H2,25,27,29,31). The lowest BCUT2D eigenvalue weighted by Crippen LogP contribution is -2.41. The van der Waals surface area contributed by atoms with Crippen molar-refractivity contribution in [3.63, 3.8) is 0 Å². The van der Waals surface area contributed by atoms with Crippen LogP contribution in [0.25, 0.3) is 22.4 Å². The van der Waals surface area contributed by atoms with Crippen molar-refractivity contribution in [3.05, 3.63) is 69.0 Å². The molecule has 1 unspecified atom stereocenters. The Kier molecular flexibility index (Phi) is 6.42. The zero-order valence-electron chi connectivity index (χ0n) is 19.0. The van der Waals surface area contributed by atoms with Crippen LogP contribution in [-0.2, 0) is 9.53 Å². The number of hydrogen-bond acceptors (Lipinski definition) is 8. The highest BCUT2D eigenvalue weighted by molar-refractivity contribution is 7.12. The van der Waals surface area contributed by atoms with Crippen molar-refractivity contribution in [1.82, 2.24) is 20.8 Å². The molecule has 2 N–H and O–H groups in total. The maximum atomic E-state index is 13.4. The van der Waals surface area contributed by atoms with Crippen molar-refractivity contribution in [2.24, 2.45) is 0 Å². The Balaban J connectivity index is 1.77. The SMILES string of the molecule is CNC(=O)NC(=O)C(OC(=O)c1cc(-c2cc(C)sc2C)nc2onc(C)c12)c1ccccc1. The normalized spacial score (nSPS) is 11.8. The number of nitrogens with one attached hydrogen (secondary N) is 2. The summed E-state index contributed by atoms with van der Waals surface area (Å²) in [6.07, 6.45) is -1.36. The zero-order chi connectivity index (χ0) is 24.4. The number of amides is 3. The topological polar surface area (TPSA) is 123 Å². The van der Waals surface area contributed by atoms with Gasteiger partial charge in [-0.25, -0.2) is 14.6 Å². The van der Waals surface area contributed by atoms with Gasteiger partial charge in [0.05, 0.1) is 22.3 Å². The molecule has 0 aliphatic heterocycles. The van der Waals surface area contributed by atoms with Crippen molar-refractivity contribution in [2.45, 2.75) is 26.9 Å². The van der Waals surface area contributed by atoms with Crippen LogP contribution >= 0.6 is 11.3 Å². The molecule has 0 saturated carbocycles. The Hall–Kier alpha value is -4.05. The number of urea groups is 1. The minimum atomic E-state index is -1.36. The van der Waals surface area contributed by atoms with Gasteiger partial charge in [-0.2, -0.15) is 0 Å². The molecule has 4 rings (SSSR count). The van der Waals surface area contributed by atoms with Gasteiger partial charge in [-0.15, -0.1) is 11.3 Å². The number of ether oxygens (including phenoxy) is 1. The van der Waals surface area contributed by atoms with Crippen LogP contribution in [0.3, 0.4) is 0 Å². The number of aryl methyl sites for hydroxylation is 3. The molecule has 0 spiro atoms. The molecule has 0 aliphatic rings. The molecule has 0 aliphatic carbocycles. The molecule has 174 valence electrons. The molecule has 34 heavy (non-hydrogen) atoms. The second-order valence-corrected chi connectivity index (χ2v) is 9.05. The third kappa shape index (κ3) is 4.53. The minimum absolute atomic E-state index is 0.163. The molecule has 4 aromatic rings. The number of esters is 1. The molecular formula is C24H22N4O5S. The summed E-state index contributed by atoms with van der Waals surface area (Å²) in [6, 6.07) is 11.3. The van der Waals surface area contributed by atoms with Gasteiger partial charge >= 0.3 is 12.0 Å². The van der Waals surface area contributed by atoms with Crippen molar-refractivity contribution in [3.8, 4) is 11.3 Å². The smallest absolute Gasteiger partial charge is 0.340 e. The summed E-state index contributed by atoms with van der Waals surface area (Å²) in [5.74, 6) is -1.55. The minimum Gasteiger partial charge on any atom is -0.444 e. The van der Waals surface area contributed by atoms with Gasteiger partial charge in [0.2, 0.25) is 6.10 Å². The molecule has 3 heterocycles. The van der Waals surface area contributed by atoms with E-state index < -0.39 is 24.0 Å². The van der Waals surface area contributed by atoms with Crippen LogP contribution in [0.2, 0.25) is 0 Å². The lowest BCUT2D eigenvalue weighted by molar-refractivity contribution is -0.129. The Morgan fingerprint density at radius 1 is 1.09 bits per heavy atom. The number of nitrogens with zero attached hydrogens (tertiary/aromatic N) is 2. The Bertz CT molecular complexity index is 1390. The fourth-order valence-electron chi connectivity index (χ4n) is 3.59. The van der Waals surface area contributed by atoms with Gasteiger partial charge in [0.1, 0.15) is 0 Å². The summed E-state index contributed by atoms with van der Waals surface area (Å²) in [6.45, 7) is 5.65. The average Bonchev–Trinajstić information content (AvgIpc) is 3.37. The predicted molar refractivity (Wildman–Crippen MR) is 127 cm³/mol. The molecule has 3 amide bonds. The van der Waals surface area contributed by atoms with Crippen LogP contribution in [0.15, 0.2) is 47.0 Å². The summed E-state index contributed by atoms with van der Waals surface area (Å²) in [5, 5.41) is 8.83. The largest absolute Gasteiger partial charge is 0.444 e. The molecule has 0 bridgehead atoms. The van der Waals surface area contributed by atoms with Gasteiger partial charge < -0.3 is 14.6 Å². The highest BCUT2D eigenvalue weighted by Gasteiger charge is 2.29. The van der Waals surface area contributed by atoms with E-state index in [-0.39, 0.29) is 11.3 Å². The summed E-state index contributed by atoms with van der Waals surface area (Å²) < 4.78 is 11.0. The first kappa shape index (κ1) is 23.1. The molecule has 1 atom stereocenters. The molecule has 9 nitrogen and oxygen atoms in total. The number of hydrogen-bond donors (Lipinski definition) is 2. The van der Waals surface area contributed by atoms with Crippen LogP contribution in [0.1, 0.15) is 37.5 Å². The van der Waals surface area contributed by atoms with Gasteiger partial charge in [0.25, 0.3) is 11.6 Å². The van der Waals surface area contributed by atoms with E-state index in [1.807, 2.05) is 19.9 Å². The second kappa shape index (κ2) is 9.44. The van der Waals surface area contributed by atoms with Crippen LogP contribution in [0.4, 0.5) is 4.79 Å². The predicted octanol–water partition coefficient (Wildman–Crippen LogP) is 4.23. The lowest BCUT2D eigenvalue weighted by atomic mass is 10.1. The number of rotatable bonds is 5. The Morgan fingerprint density at radius 2 is 1.82 bits per heavy atom. The quantitative estimate of drug-likeness (QED) is 0.411. The lowest BCUT2D eigenvalue weighted by Gasteiger charge is -2.18. The third-order valence-electron chi connectivity index (χ3n) is 5.18. The number of benzene rings is 1. The Labute approximate surface area is 199 Å². The van der Waals surface area contributed by atoms with E-state index >= 15 is 0 Å². The fourth-order valence-corrected chi connectivity index (χ4v) is 4.52. The molecule has 0 fully saturated rings. The van der Waals surface area contributed by atoms with Crippen molar-refractivity contribution in [1.29, 1.82) is 0 Å². The fraction of sp³-hybridized carbons (Fsp3) is 0.208. The third-order valence-corrected chi connectivity index (χ3v) is 6.15. The number of carbonyl (C=O) groups excluding carboxylic acids is 3. The maximum absolute atomic E-state index is 13.4. The van der Waals surface area contributed by atoms with E-state index in [4.69, 9.17) is 9.26 Å². The first-order chi connectivity index (χ1) is 16.3. The van der Waals surface area contributed by atoms with Crippen molar-refractivity contribution in [2.75, 3.05) is 7.05 Å². The van der Waals surface area contributed by atoms with E-state index in [2.05, 4.69) is 20.8 Å². The summed E-state index contributed by atoms with van der Waals surface area (Å²) in [5.41, 5.74) is 2.62. The molecule has 3 aromatic heterocycles. The number of thiophene rings is 1. The van der Waals surface area contributed by atoms with E-state index in [0.717, 1.165) is 15.3 Å². The van der Waals surface area contributed by atoms with Crippen molar-refractivity contribution >= 4 is 40.3 Å². The van der Waals surface area contributed by atoms with Crippen LogP contribution < -0.4 is 10.6 Å². The van der Waals surface area contributed by atoms with E-state index in [1.54, 1.807) is 54.7 Å². The van der Waals surface area contributed by atoms with Gasteiger partial charge in [-0.3, -0.25) is 10.1 Å².